The number of methoxy groups -OCH3 is 3. The molecule has 0 atom stereocenters. The molecule has 0 aliphatic heterocycles. The minimum absolute atomic E-state index is 0. The summed E-state index contributed by atoms with van der Waals surface area (Å²) in [6.45, 7) is 21.9. The number of benzene rings is 4. The molecule has 0 unspecified atom stereocenters. The summed E-state index contributed by atoms with van der Waals surface area (Å²) in [7, 11) is 4.06. The number of hydrogen-bond acceptors (Lipinski definition) is 22. The van der Waals surface area contributed by atoms with Crippen LogP contribution in [0.1, 0.15) is 131 Å². The van der Waals surface area contributed by atoms with Crippen molar-refractivity contribution in [2.45, 2.75) is 96.0 Å². The molecule has 0 spiro atoms. The van der Waals surface area contributed by atoms with E-state index in [2.05, 4.69) is 55.6 Å². The molecule has 0 radical (unpaired) electrons. The molecule has 0 saturated heterocycles. The predicted molar refractivity (Wildman–Crippen MR) is 402 cm³/mol. The summed E-state index contributed by atoms with van der Waals surface area (Å²) in [4.78, 5) is 84.3. The summed E-state index contributed by atoms with van der Waals surface area (Å²) in [6.07, 6.45) is 11.8. The van der Waals surface area contributed by atoms with E-state index < -0.39 is 11.9 Å². The van der Waals surface area contributed by atoms with E-state index >= 15 is 0 Å². The van der Waals surface area contributed by atoms with Crippen molar-refractivity contribution in [1.29, 1.82) is 0 Å². The van der Waals surface area contributed by atoms with Crippen LogP contribution in [0.25, 0.3) is 0 Å². The van der Waals surface area contributed by atoms with E-state index in [0.29, 0.717) is 64.4 Å². The first-order valence-electron chi connectivity index (χ1n) is 32.1. The Bertz CT molecular complexity index is 4550. The van der Waals surface area contributed by atoms with Gasteiger partial charge in [-0.25, -0.2) is 24.0 Å². The number of pyridine rings is 7. The van der Waals surface area contributed by atoms with Crippen molar-refractivity contribution in [3.63, 3.8) is 0 Å². The molecular weight excluding hydrogens is 1470 g/mol. The summed E-state index contributed by atoms with van der Waals surface area (Å²) >= 11 is 3.28. The van der Waals surface area contributed by atoms with Crippen molar-refractivity contribution >= 4 is 45.8 Å². The van der Waals surface area contributed by atoms with Crippen LogP contribution in [0.15, 0.2) is 206 Å². The SMILES string of the molecule is COC(=O)c1ccc(C)c(OCc2ccc(C)nc2)c1.COC(=O)c1ccc(C)c(Oc2ccc(C)nc2)c1.COC(=O)c1ccc(C)nc1.Cc1ccc(Br)cn1.Cc1ccc(CO)cn1.Cc1ccc(COc2cc(C(=O)O)ccc2C)cn1.Cc1ccc(Oc2cc(C(=O)O)ccc2C)cn1.[Na+].[Na+].[OH-].[OH-]. The molecule has 0 bridgehead atoms. The normalized spacial score (nSPS) is 9.56. The average molecular weight is 1560 g/mol. The van der Waals surface area contributed by atoms with Crippen molar-refractivity contribution in [3.05, 3.63) is 312 Å². The number of aliphatic hydroxyl groups is 1. The van der Waals surface area contributed by atoms with Gasteiger partial charge in [0.1, 0.15) is 47.7 Å². The second-order valence-electron chi connectivity index (χ2n) is 22.9. The van der Waals surface area contributed by atoms with Gasteiger partial charge in [-0.05, 0) is 235 Å². The summed E-state index contributed by atoms with van der Waals surface area (Å²) < 4.78 is 37.7. The van der Waals surface area contributed by atoms with Gasteiger partial charge in [-0.15, -0.1) is 0 Å². The fourth-order valence-corrected chi connectivity index (χ4v) is 8.44. The number of aliphatic hydroxyl groups excluding tert-OH is 1. The largest absolute Gasteiger partial charge is 1.00 e. The minimum Gasteiger partial charge on any atom is -0.870 e. The molecule has 27 heteroatoms. The first kappa shape index (κ1) is 95.9. The van der Waals surface area contributed by atoms with Crippen molar-refractivity contribution in [2.24, 2.45) is 0 Å². The Balaban J connectivity index is 0.000000639. The average Bonchev–Trinajstić information content (AvgIpc) is 0.860. The smallest absolute Gasteiger partial charge is 0.870 e. The molecular formula is C81H86BrN7Na2O17. The zero-order valence-electron chi connectivity index (χ0n) is 63.3. The van der Waals surface area contributed by atoms with Crippen molar-refractivity contribution in [1.82, 2.24) is 34.9 Å². The fourth-order valence-electron chi connectivity index (χ4n) is 8.21. The fraction of sp³-hybridized carbons (Fsp3) is 0.210. The quantitative estimate of drug-likeness (QED) is 0.0459. The Morgan fingerprint density at radius 2 is 0.611 bits per heavy atom. The number of carbonyl (C=O) groups excluding carboxylic acids is 3. The number of nitrogens with zero attached hydrogens (tertiary/aromatic N) is 7. The van der Waals surface area contributed by atoms with Gasteiger partial charge in [0.15, 0.2) is 0 Å². The Morgan fingerprint density at radius 3 is 0.907 bits per heavy atom. The van der Waals surface area contributed by atoms with E-state index in [1.165, 1.54) is 33.6 Å². The number of carboxylic acid groups (broad SMARTS) is 2. The standard InChI is InChI=1S/C16H17NO3.2C15H15NO3.C14H13NO3.C8H9NO2.C7H9NO.C6H6BrN.2Na.2H2O/c1-11-4-7-14(16(18)19-3)8-15(11)20-10-13-6-5-12(2)17-9-13;1-10-4-6-12(15(17)18-3)8-14(10)19-13-7-5-11(2)16-9-13;1-10-3-6-13(15(17)18)7-14(10)19-9-12-5-4-11(2)16-8-12;1-9-3-5-11(14(16)17)7-13(9)18-12-6-4-10(2)15-8-12;1-6-3-4-7(5-9-6)8(10)11-2;1-6-2-3-7(5-9)4-8-6;1-5-2-3-6(7)4-8-5;;;;/h4-9H,10H2,1-3H3;4-9H,1-3H3;3-8H,9H2,1-2H3,(H,17,18);3-8H,1-2H3,(H,16,17);3-5H,1-2H3;2-4,9H,5H2,1H3;2-4H,1H3;;;2*1H2/q;;;;;;;2*+1;;/p-2. The zero-order chi connectivity index (χ0) is 76.3. The summed E-state index contributed by atoms with van der Waals surface area (Å²) in [5, 5.41) is 26.5. The van der Waals surface area contributed by atoms with Crippen LogP contribution in [0, 0.1) is 76.2 Å². The first-order valence-corrected chi connectivity index (χ1v) is 32.9. The molecule has 7 aromatic heterocycles. The molecule has 108 heavy (non-hydrogen) atoms. The van der Waals surface area contributed by atoms with E-state index in [-0.39, 0.29) is 106 Å². The molecule has 0 amide bonds. The number of ether oxygens (including phenoxy) is 7. The van der Waals surface area contributed by atoms with Crippen LogP contribution in [0.2, 0.25) is 0 Å². The molecule has 5 N–H and O–H groups in total. The third kappa shape index (κ3) is 34.6. The number of rotatable bonds is 16. The maximum Gasteiger partial charge on any atom is 1.00 e. The second kappa shape index (κ2) is 50.4. The van der Waals surface area contributed by atoms with E-state index in [1.807, 2.05) is 155 Å². The Hall–Kier alpha value is -10.2. The molecule has 0 fully saturated rings. The van der Waals surface area contributed by atoms with E-state index in [9.17, 15) is 24.0 Å². The first-order chi connectivity index (χ1) is 49.7. The second-order valence-corrected chi connectivity index (χ2v) is 23.9. The van der Waals surface area contributed by atoms with Crippen LogP contribution in [0.5, 0.6) is 34.5 Å². The van der Waals surface area contributed by atoms with E-state index in [1.54, 1.807) is 110 Å². The summed E-state index contributed by atoms with van der Waals surface area (Å²) in [6, 6.07) is 46.4. The number of aromatic nitrogens is 7. The third-order valence-corrected chi connectivity index (χ3v) is 14.9. The van der Waals surface area contributed by atoms with E-state index in [0.717, 1.165) is 83.3 Å². The number of carbonyl (C=O) groups is 5. The van der Waals surface area contributed by atoms with Gasteiger partial charge in [-0.3, -0.25) is 34.9 Å². The van der Waals surface area contributed by atoms with Gasteiger partial charge >= 0.3 is 89.0 Å². The number of hydrogen-bond donors (Lipinski definition) is 3. The van der Waals surface area contributed by atoms with Gasteiger partial charge < -0.3 is 59.4 Å². The topological polar surface area (TPSA) is 361 Å². The maximum absolute atomic E-state index is 11.5. The van der Waals surface area contributed by atoms with Gasteiger partial charge in [-0.2, -0.15) is 0 Å². The predicted octanol–water partition coefficient (Wildman–Crippen LogP) is 10.4. The van der Waals surface area contributed by atoms with E-state index in [4.69, 9.17) is 43.7 Å². The number of aryl methyl sites for hydroxylation is 11. The van der Waals surface area contributed by atoms with Crippen LogP contribution in [-0.4, -0.2) is 112 Å². The number of esters is 3. The third-order valence-electron chi connectivity index (χ3n) is 14.4. The molecule has 7 heterocycles. The number of carboxylic acids is 2. The molecule has 4 aromatic carbocycles. The van der Waals surface area contributed by atoms with Crippen LogP contribution in [0.4, 0.5) is 0 Å². The molecule has 11 aromatic rings. The van der Waals surface area contributed by atoms with Crippen molar-refractivity contribution < 1.29 is 143 Å². The van der Waals surface area contributed by atoms with Gasteiger partial charge in [0, 0.05) is 86.4 Å². The number of aromatic carboxylic acids is 2. The van der Waals surface area contributed by atoms with Crippen LogP contribution in [0.3, 0.4) is 0 Å². The summed E-state index contributed by atoms with van der Waals surface area (Å²) in [5.41, 5.74) is 15.0. The van der Waals surface area contributed by atoms with Crippen molar-refractivity contribution in [2.75, 3.05) is 21.3 Å². The Labute approximate surface area is 681 Å². The molecule has 0 aliphatic rings. The molecule has 0 aliphatic carbocycles. The van der Waals surface area contributed by atoms with Crippen LogP contribution >= 0.6 is 15.9 Å². The van der Waals surface area contributed by atoms with Crippen molar-refractivity contribution in [3.8, 4) is 34.5 Å². The number of halogens is 1. The summed E-state index contributed by atoms with van der Waals surface area (Å²) in [5.74, 6) is 0.602. The molecule has 11 rings (SSSR count). The molecule has 556 valence electrons. The van der Waals surface area contributed by atoms with Crippen LogP contribution < -0.4 is 78.1 Å². The molecule has 24 nitrogen and oxygen atoms in total. The zero-order valence-corrected chi connectivity index (χ0v) is 68.9. The van der Waals surface area contributed by atoms with Gasteiger partial charge in [-0.1, -0.05) is 42.5 Å². The van der Waals surface area contributed by atoms with Gasteiger partial charge in [0.25, 0.3) is 0 Å². The Kier molecular flexibility index (Phi) is 44.7. The maximum atomic E-state index is 11.5. The minimum atomic E-state index is -0.970. The van der Waals surface area contributed by atoms with Gasteiger partial charge in [0.2, 0.25) is 0 Å². The van der Waals surface area contributed by atoms with Crippen LogP contribution in [-0.2, 0) is 34.0 Å². The Morgan fingerprint density at radius 1 is 0.333 bits per heavy atom. The van der Waals surface area contributed by atoms with Gasteiger partial charge in [0.05, 0.1) is 68.1 Å². The molecule has 0 saturated carbocycles. The monoisotopic (exact) mass is 1550 g/mol.